The molecule has 10 heavy (non-hydrogen) atoms. The Hall–Kier alpha value is -0.740. The topological polar surface area (TPSA) is 26.5 Å². The van der Waals surface area contributed by atoms with Crippen LogP contribution in [0.5, 0.6) is 0 Å². The highest BCUT2D eigenvalue weighted by atomic mass is 19.4. The third-order valence-electron chi connectivity index (χ3n) is 1.25. The molecule has 0 spiro atoms. The minimum atomic E-state index is -4.27. The lowest BCUT2D eigenvalue weighted by atomic mass is 10.2. The predicted molar refractivity (Wildman–Crippen MR) is 28.9 cm³/mol. The Balaban J connectivity index is 2.60. The minimum absolute atomic E-state index is 0.806. The van der Waals surface area contributed by atoms with Gasteiger partial charge in [-0.25, -0.2) is 5.32 Å². The molecule has 2 unspecified atom stereocenters. The molecule has 2 nitrogen and oxygen atoms in total. The first-order valence-corrected chi connectivity index (χ1v) is 2.73. The average molecular weight is 150 g/mol. The maximum Gasteiger partial charge on any atom is 0.412 e. The van der Waals surface area contributed by atoms with Crippen LogP contribution in [0.1, 0.15) is 6.92 Å². The van der Waals surface area contributed by atoms with Gasteiger partial charge in [-0.15, -0.1) is 0 Å². The number of hydrogen-bond donors (Lipinski definition) is 0. The van der Waals surface area contributed by atoms with Gasteiger partial charge in [0.25, 0.3) is 0 Å². The molecule has 0 N–H and O–H groups in total. The zero-order chi connectivity index (χ0) is 7.78. The molecule has 2 radical (unpaired) electrons. The van der Waals surface area contributed by atoms with Crippen molar-refractivity contribution in [2.45, 2.75) is 25.2 Å². The lowest BCUT2D eigenvalue weighted by molar-refractivity contribution is -0.153. The molecule has 0 fully saturated rings. The van der Waals surface area contributed by atoms with Crippen LogP contribution in [0, 0.1) is 0 Å². The van der Waals surface area contributed by atoms with Crippen molar-refractivity contribution in [3.63, 3.8) is 0 Å². The molecule has 0 bridgehead atoms. The standard InChI is InChI=1S/C5H5F3N2/c1-3-4(5(6,7)8)10-2-9-3/h3-4H,1H3. The van der Waals surface area contributed by atoms with Gasteiger partial charge in [0, 0.05) is 0 Å². The van der Waals surface area contributed by atoms with E-state index < -0.39 is 18.3 Å². The lowest BCUT2D eigenvalue weighted by Crippen LogP contribution is -2.40. The van der Waals surface area contributed by atoms with Crippen LogP contribution in [0.2, 0.25) is 0 Å². The minimum Gasteiger partial charge on any atom is -0.258 e. The van der Waals surface area contributed by atoms with Gasteiger partial charge in [-0.05, 0) is 6.92 Å². The van der Waals surface area contributed by atoms with Crippen LogP contribution in [-0.4, -0.2) is 24.6 Å². The summed E-state index contributed by atoms with van der Waals surface area (Å²) in [5.74, 6) is 0. The van der Waals surface area contributed by atoms with E-state index in [1.165, 1.54) is 6.92 Å². The maximum absolute atomic E-state index is 11.8. The fourth-order valence-electron chi connectivity index (χ4n) is 0.712. The third-order valence-corrected chi connectivity index (χ3v) is 1.25. The number of aliphatic imine (C=N–C) groups is 1. The van der Waals surface area contributed by atoms with Crippen molar-refractivity contribution in [1.29, 1.82) is 0 Å². The van der Waals surface area contributed by atoms with E-state index in [4.69, 9.17) is 0 Å². The molecule has 56 valence electrons. The predicted octanol–water partition coefficient (Wildman–Crippen LogP) is 0.829. The van der Waals surface area contributed by atoms with Crippen molar-refractivity contribution >= 4 is 6.34 Å². The van der Waals surface area contributed by atoms with Gasteiger partial charge in [-0.3, -0.25) is 4.99 Å². The molecule has 1 rings (SSSR count). The first-order chi connectivity index (χ1) is 4.52. The smallest absolute Gasteiger partial charge is 0.258 e. The van der Waals surface area contributed by atoms with E-state index in [1.54, 1.807) is 0 Å². The number of hydrogen-bond acceptors (Lipinski definition) is 1. The zero-order valence-corrected chi connectivity index (χ0v) is 5.18. The van der Waals surface area contributed by atoms with Gasteiger partial charge in [-0.2, -0.15) is 13.2 Å². The molecule has 0 saturated heterocycles. The Morgan fingerprint density at radius 2 is 2.00 bits per heavy atom. The van der Waals surface area contributed by atoms with E-state index in [2.05, 4.69) is 10.3 Å². The number of alkyl halides is 3. The third kappa shape index (κ3) is 1.22. The highest BCUT2D eigenvalue weighted by molar-refractivity contribution is 5.58. The van der Waals surface area contributed by atoms with Crippen molar-refractivity contribution in [2.24, 2.45) is 4.99 Å². The van der Waals surface area contributed by atoms with Crippen LogP contribution in [0.25, 0.3) is 0 Å². The van der Waals surface area contributed by atoms with Crippen LogP contribution in [0.3, 0.4) is 0 Å². The fraction of sp³-hybridized carbons (Fsp3) is 0.800. The van der Waals surface area contributed by atoms with Crippen LogP contribution in [0.4, 0.5) is 13.2 Å². The summed E-state index contributed by atoms with van der Waals surface area (Å²) in [6.45, 7) is 1.36. The van der Waals surface area contributed by atoms with Crippen molar-refractivity contribution in [3.8, 4) is 0 Å². The monoisotopic (exact) mass is 150 g/mol. The summed E-state index contributed by atoms with van der Waals surface area (Å²) < 4.78 is 35.5. The van der Waals surface area contributed by atoms with Crippen LogP contribution in [-0.2, 0) is 0 Å². The van der Waals surface area contributed by atoms with E-state index in [9.17, 15) is 13.2 Å². The first kappa shape index (κ1) is 7.37. The number of rotatable bonds is 0. The van der Waals surface area contributed by atoms with Gasteiger partial charge >= 0.3 is 6.18 Å². The quantitative estimate of drug-likeness (QED) is 0.489. The van der Waals surface area contributed by atoms with E-state index in [-0.39, 0.29) is 0 Å². The summed E-state index contributed by atoms with van der Waals surface area (Å²) in [6, 6.07) is -2.48. The van der Waals surface area contributed by atoms with E-state index in [0.717, 1.165) is 0 Å². The van der Waals surface area contributed by atoms with E-state index in [0.29, 0.717) is 0 Å². The molecule has 5 heteroatoms. The van der Waals surface area contributed by atoms with Gasteiger partial charge in [0.05, 0.1) is 6.04 Å². The summed E-state index contributed by atoms with van der Waals surface area (Å²) in [6.07, 6.45) is -2.31. The Morgan fingerprint density at radius 3 is 2.20 bits per heavy atom. The second-order valence-electron chi connectivity index (χ2n) is 2.09. The molecule has 0 saturated carbocycles. The molecule has 2 atom stereocenters. The van der Waals surface area contributed by atoms with Crippen LogP contribution >= 0.6 is 0 Å². The Kier molecular flexibility index (Phi) is 1.58. The SMILES string of the molecule is CC1N=[C][N]C1C(F)(F)F. The molecule has 1 aliphatic heterocycles. The number of halogens is 3. The Bertz CT molecular complexity index is 151. The zero-order valence-electron chi connectivity index (χ0n) is 5.18. The molecule has 0 amide bonds. The molecule has 1 aliphatic rings. The molecular formula is C5H5F3N2. The summed E-state index contributed by atoms with van der Waals surface area (Å²) in [5, 5.41) is 3.05. The molecular weight excluding hydrogens is 145 g/mol. The van der Waals surface area contributed by atoms with Crippen molar-refractivity contribution in [2.75, 3.05) is 0 Å². The lowest BCUT2D eigenvalue weighted by Gasteiger charge is -2.15. The van der Waals surface area contributed by atoms with Gasteiger partial charge < -0.3 is 0 Å². The molecule has 0 aromatic carbocycles. The normalized spacial score (nSPS) is 32.4. The van der Waals surface area contributed by atoms with Crippen molar-refractivity contribution < 1.29 is 13.2 Å². The largest absolute Gasteiger partial charge is 0.412 e. The highest BCUT2D eigenvalue weighted by Gasteiger charge is 2.46. The summed E-state index contributed by atoms with van der Waals surface area (Å²) in [7, 11) is 0. The molecule has 0 aliphatic carbocycles. The van der Waals surface area contributed by atoms with Crippen LogP contribution in [0.15, 0.2) is 4.99 Å². The Morgan fingerprint density at radius 1 is 1.40 bits per heavy atom. The maximum atomic E-state index is 11.8. The van der Waals surface area contributed by atoms with E-state index in [1.807, 2.05) is 6.34 Å². The first-order valence-electron chi connectivity index (χ1n) is 2.73. The van der Waals surface area contributed by atoms with Crippen LogP contribution < -0.4 is 5.32 Å². The summed E-state index contributed by atoms with van der Waals surface area (Å²) >= 11 is 0. The van der Waals surface area contributed by atoms with Gasteiger partial charge in [0.2, 0.25) is 0 Å². The van der Waals surface area contributed by atoms with Gasteiger partial charge in [0.15, 0.2) is 12.4 Å². The second kappa shape index (κ2) is 2.14. The fourth-order valence-corrected chi connectivity index (χ4v) is 0.712. The van der Waals surface area contributed by atoms with E-state index >= 15 is 0 Å². The average Bonchev–Trinajstić information content (AvgIpc) is 2.11. The highest BCUT2D eigenvalue weighted by Crippen LogP contribution is 2.25. The second-order valence-corrected chi connectivity index (χ2v) is 2.09. The van der Waals surface area contributed by atoms with Gasteiger partial charge in [0.1, 0.15) is 0 Å². The molecule has 0 aromatic rings. The summed E-state index contributed by atoms with van der Waals surface area (Å²) in [4.78, 5) is 3.35. The Labute approximate surface area is 56.1 Å². The molecule has 0 aromatic heterocycles. The summed E-state index contributed by atoms with van der Waals surface area (Å²) in [5.41, 5.74) is 0. The van der Waals surface area contributed by atoms with Gasteiger partial charge in [-0.1, -0.05) is 0 Å². The molecule has 1 heterocycles. The van der Waals surface area contributed by atoms with Crippen molar-refractivity contribution in [1.82, 2.24) is 5.32 Å². The van der Waals surface area contributed by atoms with Crippen molar-refractivity contribution in [3.05, 3.63) is 0 Å². The number of nitrogens with zero attached hydrogens (tertiary/aromatic N) is 2.